The average molecular weight is 590 g/mol. The van der Waals surface area contributed by atoms with Crippen molar-refractivity contribution in [3.63, 3.8) is 0 Å². The minimum atomic E-state index is -1.48. The van der Waals surface area contributed by atoms with Crippen molar-refractivity contribution in [2.45, 2.75) is 45.3 Å². The van der Waals surface area contributed by atoms with Gasteiger partial charge in [-0.25, -0.2) is 4.79 Å². The molecule has 0 radical (unpaired) electrons. The molecule has 0 saturated heterocycles. The molecule has 0 fully saturated rings. The fourth-order valence-corrected chi connectivity index (χ4v) is 5.82. The molecule has 1 aliphatic heterocycles. The summed E-state index contributed by atoms with van der Waals surface area (Å²) in [4.78, 5) is 33.3. The standard InChI is InChI=1S/C36H35N3O5/c1-4-26-21-38-22-30(35(41)43-5-2)29(26)20-36(24-37)31-19-33(44-23-25-12-8-6-9-13-25)32(42-3)18-28(31)16-17-39(36)34(40)27-14-10-7-11-15-27/h6-15,18-19,21-22H,4-5,16-17,20,23H2,1-3H3. The third-order valence-corrected chi connectivity index (χ3v) is 8.04. The Hall–Kier alpha value is -5.16. The fourth-order valence-electron chi connectivity index (χ4n) is 5.82. The van der Waals surface area contributed by atoms with Gasteiger partial charge in [-0.2, -0.15) is 5.26 Å². The third kappa shape index (κ3) is 5.86. The Bertz CT molecular complexity index is 1680. The number of nitriles is 1. The summed E-state index contributed by atoms with van der Waals surface area (Å²) >= 11 is 0. The maximum Gasteiger partial charge on any atom is 0.339 e. The van der Waals surface area contributed by atoms with Crippen LogP contribution in [0.3, 0.4) is 0 Å². The minimum absolute atomic E-state index is 0.0549. The van der Waals surface area contributed by atoms with Gasteiger partial charge < -0.3 is 19.1 Å². The number of hydrogen-bond acceptors (Lipinski definition) is 7. The Morgan fingerprint density at radius 1 is 1.00 bits per heavy atom. The Labute approximate surface area is 257 Å². The number of carbonyl (C=O) groups is 2. The van der Waals surface area contributed by atoms with Gasteiger partial charge >= 0.3 is 5.97 Å². The molecule has 224 valence electrons. The van der Waals surface area contributed by atoms with Gasteiger partial charge in [0.2, 0.25) is 0 Å². The molecule has 0 N–H and O–H groups in total. The largest absolute Gasteiger partial charge is 0.493 e. The minimum Gasteiger partial charge on any atom is -0.493 e. The van der Waals surface area contributed by atoms with E-state index in [1.54, 1.807) is 49.4 Å². The smallest absolute Gasteiger partial charge is 0.339 e. The van der Waals surface area contributed by atoms with E-state index in [1.807, 2.05) is 55.5 Å². The van der Waals surface area contributed by atoms with Crippen molar-refractivity contribution in [3.05, 3.63) is 124 Å². The molecule has 1 aromatic heterocycles. The molecule has 4 aromatic rings. The molecule has 1 aliphatic rings. The highest BCUT2D eigenvalue weighted by atomic mass is 16.5. The molecule has 8 heteroatoms. The van der Waals surface area contributed by atoms with Crippen LogP contribution in [0.2, 0.25) is 0 Å². The Morgan fingerprint density at radius 3 is 2.39 bits per heavy atom. The topological polar surface area (TPSA) is 102 Å². The number of aryl methyl sites for hydroxylation is 1. The van der Waals surface area contributed by atoms with Crippen LogP contribution in [0.5, 0.6) is 11.5 Å². The molecule has 44 heavy (non-hydrogen) atoms. The predicted molar refractivity (Wildman–Crippen MR) is 166 cm³/mol. The molecule has 8 nitrogen and oxygen atoms in total. The first-order chi connectivity index (χ1) is 21.4. The number of nitrogens with zero attached hydrogens (tertiary/aromatic N) is 3. The number of esters is 1. The number of pyridine rings is 1. The van der Waals surface area contributed by atoms with Crippen molar-refractivity contribution in [2.75, 3.05) is 20.3 Å². The first kappa shape index (κ1) is 30.3. The lowest BCUT2D eigenvalue weighted by atomic mass is 9.75. The van der Waals surface area contributed by atoms with Crippen LogP contribution >= 0.6 is 0 Å². The van der Waals surface area contributed by atoms with Crippen LogP contribution < -0.4 is 9.47 Å². The highest BCUT2D eigenvalue weighted by Gasteiger charge is 2.47. The Kier molecular flexibility index (Phi) is 9.25. The maximum absolute atomic E-state index is 14.2. The number of carbonyl (C=O) groups excluding carboxylic acids is 2. The molecule has 1 amide bonds. The van der Waals surface area contributed by atoms with Gasteiger partial charge in [0, 0.05) is 30.9 Å². The zero-order valence-electron chi connectivity index (χ0n) is 25.2. The lowest BCUT2D eigenvalue weighted by molar-refractivity contribution is 0.0519. The van der Waals surface area contributed by atoms with Crippen molar-refractivity contribution in [3.8, 4) is 17.6 Å². The van der Waals surface area contributed by atoms with E-state index in [9.17, 15) is 14.9 Å². The zero-order chi connectivity index (χ0) is 31.1. The van der Waals surface area contributed by atoms with Crippen molar-refractivity contribution < 1.29 is 23.8 Å². The summed E-state index contributed by atoms with van der Waals surface area (Å²) in [5, 5.41) is 11.2. The number of amides is 1. The molecule has 0 spiro atoms. The number of hydrogen-bond donors (Lipinski definition) is 0. The summed E-state index contributed by atoms with van der Waals surface area (Å²) in [6, 6.07) is 25.0. The highest BCUT2D eigenvalue weighted by Crippen LogP contribution is 2.44. The van der Waals surface area contributed by atoms with Gasteiger partial charge in [-0.3, -0.25) is 9.78 Å². The van der Waals surface area contributed by atoms with Crippen LogP contribution in [0.4, 0.5) is 0 Å². The van der Waals surface area contributed by atoms with Crippen LogP contribution in [0.1, 0.15) is 62.4 Å². The molecule has 0 saturated carbocycles. The quantitative estimate of drug-likeness (QED) is 0.207. The lowest BCUT2D eigenvalue weighted by Crippen LogP contribution is -2.54. The number of methoxy groups -OCH3 is 1. The number of benzene rings is 3. The van der Waals surface area contributed by atoms with Gasteiger partial charge in [0.05, 0.1) is 25.3 Å². The number of rotatable bonds is 10. The van der Waals surface area contributed by atoms with Crippen LogP contribution in [0.15, 0.2) is 85.2 Å². The van der Waals surface area contributed by atoms with E-state index < -0.39 is 11.5 Å². The summed E-state index contributed by atoms with van der Waals surface area (Å²) in [6.45, 7) is 4.49. The van der Waals surface area contributed by atoms with E-state index in [0.717, 1.165) is 16.7 Å². The second-order valence-corrected chi connectivity index (χ2v) is 10.6. The van der Waals surface area contributed by atoms with E-state index >= 15 is 0 Å². The molecular formula is C36H35N3O5. The van der Waals surface area contributed by atoms with Crippen molar-refractivity contribution in [1.29, 1.82) is 5.26 Å². The highest BCUT2D eigenvalue weighted by molar-refractivity contribution is 5.96. The molecule has 1 atom stereocenters. The van der Waals surface area contributed by atoms with Crippen LogP contribution in [-0.2, 0) is 36.1 Å². The van der Waals surface area contributed by atoms with Crippen LogP contribution in [0, 0.1) is 11.3 Å². The van der Waals surface area contributed by atoms with Gasteiger partial charge in [-0.1, -0.05) is 55.5 Å². The first-order valence-electron chi connectivity index (χ1n) is 14.7. The maximum atomic E-state index is 14.2. The monoisotopic (exact) mass is 589 g/mol. The summed E-state index contributed by atoms with van der Waals surface area (Å²) in [6.07, 6.45) is 4.32. The van der Waals surface area contributed by atoms with Gasteiger partial charge in [-0.05, 0) is 71.8 Å². The second-order valence-electron chi connectivity index (χ2n) is 10.6. The first-order valence-corrected chi connectivity index (χ1v) is 14.7. The molecule has 0 bridgehead atoms. The molecular weight excluding hydrogens is 554 g/mol. The molecule has 5 rings (SSSR count). The Balaban J connectivity index is 1.70. The van der Waals surface area contributed by atoms with Gasteiger partial charge in [0.15, 0.2) is 17.0 Å². The van der Waals surface area contributed by atoms with E-state index in [-0.39, 0.29) is 24.5 Å². The summed E-state index contributed by atoms with van der Waals surface area (Å²) < 4.78 is 17.4. The molecule has 2 heterocycles. The number of ether oxygens (including phenoxy) is 3. The molecule has 3 aromatic carbocycles. The van der Waals surface area contributed by atoms with Gasteiger partial charge in [-0.15, -0.1) is 0 Å². The van der Waals surface area contributed by atoms with Crippen molar-refractivity contribution in [2.24, 2.45) is 0 Å². The van der Waals surface area contributed by atoms with E-state index in [2.05, 4.69) is 11.1 Å². The SMILES string of the molecule is CCOC(=O)c1cncc(CC)c1CC1(C#N)c2cc(OCc3ccccc3)c(OC)cc2CCN1C(=O)c1ccccc1. The summed E-state index contributed by atoms with van der Waals surface area (Å²) in [5.74, 6) is 0.210. The normalized spacial score (nSPS) is 15.5. The van der Waals surface area contributed by atoms with Crippen molar-refractivity contribution in [1.82, 2.24) is 9.88 Å². The van der Waals surface area contributed by atoms with Crippen LogP contribution in [0.25, 0.3) is 0 Å². The zero-order valence-corrected chi connectivity index (χ0v) is 25.2. The van der Waals surface area contributed by atoms with E-state index in [4.69, 9.17) is 14.2 Å². The number of fused-ring (bicyclic) bond motifs is 1. The molecule has 1 unspecified atom stereocenters. The number of aromatic nitrogens is 1. The lowest BCUT2D eigenvalue weighted by Gasteiger charge is -2.44. The van der Waals surface area contributed by atoms with Gasteiger partial charge in [0.1, 0.15) is 6.61 Å². The van der Waals surface area contributed by atoms with Crippen molar-refractivity contribution >= 4 is 11.9 Å². The van der Waals surface area contributed by atoms with Crippen LogP contribution in [-0.4, -0.2) is 42.0 Å². The summed E-state index contributed by atoms with van der Waals surface area (Å²) in [5.41, 5.74) is 3.19. The molecule has 0 aliphatic carbocycles. The average Bonchev–Trinajstić information content (AvgIpc) is 3.07. The Morgan fingerprint density at radius 2 is 1.73 bits per heavy atom. The van der Waals surface area contributed by atoms with E-state index in [0.29, 0.717) is 54.2 Å². The second kappa shape index (κ2) is 13.4. The summed E-state index contributed by atoms with van der Waals surface area (Å²) in [7, 11) is 1.58. The third-order valence-electron chi connectivity index (χ3n) is 8.04. The fraction of sp³-hybridized carbons (Fsp3) is 0.278. The van der Waals surface area contributed by atoms with E-state index in [1.165, 1.54) is 6.20 Å². The predicted octanol–water partition coefficient (Wildman–Crippen LogP) is 6.07. The van der Waals surface area contributed by atoms with Gasteiger partial charge in [0.25, 0.3) is 5.91 Å².